The molecule has 1 N–H and O–H groups in total. The Balaban J connectivity index is 2.23. The number of anilines is 1. The van der Waals surface area contributed by atoms with E-state index in [0.717, 1.165) is 19.2 Å². The van der Waals surface area contributed by atoms with Crippen molar-refractivity contribution in [1.82, 2.24) is 9.36 Å². The van der Waals surface area contributed by atoms with E-state index in [9.17, 15) is 22.8 Å². The first-order chi connectivity index (χ1) is 10.3. The number of amides is 1. The summed E-state index contributed by atoms with van der Waals surface area (Å²) in [4.78, 5) is 26.8. The Bertz CT molecular complexity index is 715. The standard InChI is InChI=1S/C12H8F3N3O3S/c1-21-10(20)8-16-11(22-18-8)17-9(19)6-4-2-3-5-7(6)12(13,14)15/h2-5H,1H3,(H,16,17,18,19). The maximum Gasteiger partial charge on any atom is 0.417 e. The number of carbonyl (C=O) groups is 2. The third-order valence-electron chi connectivity index (χ3n) is 2.49. The molecule has 0 bridgehead atoms. The van der Waals surface area contributed by atoms with Crippen LogP contribution in [0.5, 0.6) is 0 Å². The lowest BCUT2D eigenvalue weighted by Crippen LogP contribution is -2.18. The Morgan fingerprint density at radius 2 is 1.95 bits per heavy atom. The van der Waals surface area contributed by atoms with Crippen molar-refractivity contribution in [3.63, 3.8) is 0 Å². The quantitative estimate of drug-likeness (QED) is 0.874. The highest BCUT2D eigenvalue weighted by Crippen LogP contribution is 2.32. The van der Waals surface area contributed by atoms with Crippen molar-refractivity contribution in [1.29, 1.82) is 0 Å². The van der Waals surface area contributed by atoms with Crippen LogP contribution >= 0.6 is 11.5 Å². The zero-order valence-electron chi connectivity index (χ0n) is 11.0. The van der Waals surface area contributed by atoms with E-state index < -0.39 is 29.2 Å². The van der Waals surface area contributed by atoms with E-state index in [1.165, 1.54) is 12.1 Å². The highest BCUT2D eigenvalue weighted by Gasteiger charge is 2.35. The summed E-state index contributed by atoms with van der Waals surface area (Å²) in [6.07, 6.45) is -4.66. The van der Waals surface area contributed by atoms with Crippen molar-refractivity contribution >= 4 is 28.5 Å². The first-order valence-electron chi connectivity index (χ1n) is 5.72. The first kappa shape index (κ1) is 15.9. The summed E-state index contributed by atoms with van der Waals surface area (Å²) >= 11 is 0.654. The average Bonchev–Trinajstić information content (AvgIpc) is 2.94. The van der Waals surface area contributed by atoms with E-state index in [1.54, 1.807) is 0 Å². The summed E-state index contributed by atoms with van der Waals surface area (Å²) in [5.74, 6) is -2.10. The fourth-order valence-corrected chi connectivity index (χ4v) is 2.10. The number of methoxy groups -OCH3 is 1. The summed E-state index contributed by atoms with van der Waals surface area (Å²) in [7, 11) is 1.13. The molecule has 22 heavy (non-hydrogen) atoms. The molecule has 10 heteroatoms. The molecule has 0 aliphatic carbocycles. The zero-order valence-corrected chi connectivity index (χ0v) is 11.8. The lowest BCUT2D eigenvalue weighted by atomic mass is 10.1. The number of nitrogens with one attached hydrogen (secondary N) is 1. The van der Waals surface area contributed by atoms with E-state index in [0.29, 0.717) is 11.5 Å². The van der Waals surface area contributed by atoms with Gasteiger partial charge in [0.25, 0.3) is 11.7 Å². The molecule has 6 nitrogen and oxygen atoms in total. The molecule has 0 aliphatic heterocycles. The molecule has 0 saturated heterocycles. The van der Waals surface area contributed by atoms with Crippen LogP contribution in [0.3, 0.4) is 0 Å². The van der Waals surface area contributed by atoms with Gasteiger partial charge in [-0.2, -0.15) is 22.5 Å². The fourth-order valence-electron chi connectivity index (χ4n) is 1.54. The van der Waals surface area contributed by atoms with Gasteiger partial charge in [0.1, 0.15) is 0 Å². The molecule has 2 rings (SSSR count). The van der Waals surface area contributed by atoms with Crippen molar-refractivity contribution in [3.05, 3.63) is 41.2 Å². The van der Waals surface area contributed by atoms with Gasteiger partial charge in [-0.3, -0.25) is 10.1 Å². The Morgan fingerprint density at radius 1 is 1.27 bits per heavy atom. The molecule has 0 fully saturated rings. The van der Waals surface area contributed by atoms with Crippen LogP contribution in [0.1, 0.15) is 26.5 Å². The van der Waals surface area contributed by atoms with Gasteiger partial charge >= 0.3 is 12.1 Å². The maximum absolute atomic E-state index is 12.8. The minimum Gasteiger partial charge on any atom is -0.463 e. The number of aromatic nitrogens is 2. The van der Waals surface area contributed by atoms with Gasteiger partial charge in [-0.1, -0.05) is 12.1 Å². The number of esters is 1. The second-order valence-corrected chi connectivity index (χ2v) is 4.66. The van der Waals surface area contributed by atoms with Crippen LogP contribution in [0.4, 0.5) is 18.3 Å². The Kier molecular flexibility index (Phi) is 4.40. The number of benzene rings is 1. The number of nitrogens with zero attached hydrogens (tertiary/aromatic N) is 2. The van der Waals surface area contributed by atoms with Gasteiger partial charge in [-0.15, -0.1) is 0 Å². The van der Waals surface area contributed by atoms with Crippen molar-refractivity contribution in [2.75, 3.05) is 12.4 Å². The normalized spacial score (nSPS) is 11.1. The third kappa shape index (κ3) is 3.39. The van der Waals surface area contributed by atoms with Gasteiger partial charge in [-0.25, -0.2) is 4.79 Å². The van der Waals surface area contributed by atoms with E-state index >= 15 is 0 Å². The Labute approximate surface area is 126 Å². The molecule has 116 valence electrons. The van der Waals surface area contributed by atoms with Crippen molar-refractivity contribution in [2.24, 2.45) is 0 Å². The van der Waals surface area contributed by atoms with E-state index in [4.69, 9.17) is 0 Å². The summed E-state index contributed by atoms with van der Waals surface area (Å²) < 4.78 is 46.5. The maximum atomic E-state index is 12.8. The van der Waals surface area contributed by atoms with Gasteiger partial charge in [0, 0.05) is 11.5 Å². The molecule has 1 heterocycles. The van der Waals surface area contributed by atoms with Crippen LogP contribution < -0.4 is 5.32 Å². The zero-order chi connectivity index (χ0) is 16.3. The first-order valence-corrected chi connectivity index (χ1v) is 6.50. The lowest BCUT2D eigenvalue weighted by molar-refractivity contribution is -0.137. The second-order valence-electron chi connectivity index (χ2n) is 3.91. The Hall–Kier alpha value is -2.49. The smallest absolute Gasteiger partial charge is 0.417 e. The number of ether oxygens (including phenoxy) is 1. The molecule has 1 amide bonds. The molecule has 0 atom stereocenters. The van der Waals surface area contributed by atoms with E-state index in [2.05, 4.69) is 19.4 Å². The molecule has 2 aromatic rings. The van der Waals surface area contributed by atoms with Gasteiger partial charge in [-0.05, 0) is 12.1 Å². The second kappa shape index (κ2) is 6.10. The van der Waals surface area contributed by atoms with Gasteiger partial charge in [0.2, 0.25) is 5.13 Å². The number of alkyl halides is 3. The third-order valence-corrected chi connectivity index (χ3v) is 3.12. The van der Waals surface area contributed by atoms with Gasteiger partial charge < -0.3 is 4.74 Å². The van der Waals surface area contributed by atoms with Crippen LogP contribution in [0, 0.1) is 0 Å². The van der Waals surface area contributed by atoms with Gasteiger partial charge in [0.15, 0.2) is 0 Å². The molecular weight excluding hydrogens is 323 g/mol. The molecule has 0 unspecified atom stereocenters. The molecule has 1 aromatic carbocycles. The molecule has 0 aliphatic rings. The number of carbonyl (C=O) groups excluding carboxylic acids is 2. The van der Waals surface area contributed by atoms with Crippen molar-refractivity contribution < 1.29 is 27.5 Å². The predicted molar refractivity (Wildman–Crippen MR) is 70.6 cm³/mol. The highest BCUT2D eigenvalue weighted by molar-refractivity contribution is 7.10. The SMILES string of the molecule is COC(=O)c1nsc(NC(=O)c2ccccc2C(F)(F)F)n1. The molecule has 1 aromatic heterocycles. The molecule has 0 spiro atoms. The fraction of sp³-hybridized carbons (Fsp3) is 0.167. The monoisotopic (exact) mass is 331 g/mol. The van der Waals surface area contributed by atoms with Crippen LogP contribution in [0.15, 0.2) is 24.3 Å². The largest absolute Gasteiger partial charge is 0.463 e. The Morgan fingerprint density at radius 3 is 2.59 bits per heavy atom. The number of halogens is 3. The number of rotatable bonds is 3. The van der Waals surface area contributed by atoms with Gasteiger partial charge in [0.05, 0.1) is 18.2 Å². The summed E-state index contributed by atoms with van der Waals surface area (Å²) in [6.45, 7) is 0. The van der Waals surface area contributed by atoms with E-state index in [1.807, 2.05) is 0 Å². The molecular formula is C12H8F3N3O3S. The average molecular weight is 331 g/mol. The van der Waals surface area contributed by atoms with Crippen molar-refractivity contribution in [3.8, 4) is 0 Å². The summed E-state index contributed by atoms with van der Waals surface area (Å²) in [5.41, 5.74) is -1.62. The summed E-state index contributed by atoms with van der Waals surface area (Å²) in [6, 6.07) is 4.33. The lowest BCUT2D eigenvalue weighted by Gasteiger charge is -2.11. The number of hydrogen-bond acceptors (Lipinski definition) is 6. The molecule has 0 radical (unpaired) electrons. The van der Waals surface area contributed by atoms with Crippen LogP contribution in [0.2, 0.25) is 0 Å². The van der Waals surface area contributed by atoms with E-state index in [-0.39, 0.29) is 11.0 Å². The minimum atomic E-state index is -4.66. The highest BCUT2D eigenvalue weighted by atomic mass is 32.1. The van der Waals surface area contributed by atoms with Crippen LogP contribution in [0.25, 0.3) is 0 Å². The topological polar surface area (TPSA) is 81.2 Å². The number of hydrogen-bond donors (Lipinski definition) is 1. The predicted octanol–water partition coefficient (Wildman–Crippen LogP) is 2.60. The van der Waals surface area contributed by atoms with Crippen LogP contribution in [-0.2, 0) is 10.9 Å². The van der Waals surface area contributed by atoms with Crippen molar-refractivity contribution in [2.45, 2.75) is 6.18 Å². The summed E-state index contributed by atoms with van der Waals surface area (Å²) in [5, 5.41) is 2.06. The van der Waals surface area contributed by atoms with Crippen LogP contribution in [-0.4, -0.2) is 28.3 Å². The molecule has 0 saturated carbocycles. The minimum absolute atomic E-state index is 0.109.